The molecular formula is C7H7FNS. The third-order valence-corrected chi connectivity index (χ3v) is 1.81. The van der Waals surface area contributed by atoms with E-state index < -0.39 is 6.67 Å². The van der Waals surface area contributed by atoms with Crippen molar-refractivity contribution in [3.63, 3.8) is 0 Å². The zero-order chi connectivity index (χ0) is 7.40. The second-order valence-corrected chi connectivity index (χ2v) is 2.68. The second-order valence-electron chi connectivity index (χ2n) is 1.73. The molecule has 1 rings (SSSR count). The molecule has 0 aliphatic rings. The van der Waals surface area contributed by atoms with Crippen LogP contribution in [0.5, 0.6) is 0 Å². The lowest BCUT2D eigenvalue weighted by Gasteiger charge is -1.79. The van der Waals surface area contributed by atoms with Crippen molar-refractivity contribution in [1.29, 1.82) is 0 Å². The molecule has 1 aromatic heterocycles. The van der Waals surface area contributed by atoms with Gasteiger partial charge in [0.05, 0.1) is 5.69 Å². The minimum atomic E-state index is -0.470. The molecule has 0 aliphatic carbocycles. The molecular weight excluding hydrogens is 149 g/mol. The van der Waals surface area contributed by atoms with E-state index in [9.17, 15) is 4.39 Å². The normalized spacial score (nSPS) is 11.0. The summed E-state index contributed by atoms with van der Waals surface area (Å²) < 4.78 is 11.9. The van der Waals surface area contributed by atoms with Crippen molar-refractivity contribution in [1.82, 2.24) is 4.98 Å². The van der Waals surface area contributed by atoms with E-state index in [0.29, 0.717) is 5.01 Å². The summed E-state index contributed by atoms with van der Waals surface area (Å²) in [6.07, 6.45) is 4.55. The summed E-state index contributed by atoms with van der Waals surface area (Å²) in [5, 5.41) is 2.34. The number of aromatic nitrogens is 1. The Kier molecular flexibility index (Phi) is 2.57. The molecule has 0 amide bonds. The fourth-order valence-electron chi connectivity index (χ4n) is 0.601. The first-order chi connectivity index (χ1) is 4.86. The van der Waals surface area contributed by atoms with Crippen LogP contribution in [0.15, 0.2) is 5.38 Å². The van der Waals surface area contributed by atoms with Crippen LogP contribution in [0.25, 0.3) is 6.08 Å². The Hall–Kier alpha value is -0.700. The predicted molar refractivity (Wildman–Crippen MR) is 40.3 cm³/mol. The summed E-state index contributed by atoms with van der Waals surface area (Å²) in [5.74, 6) is 0. The molecule has 1 aromatic rings. The van der Waals surface area contributed by atoms with E-state index in [2.05, 4.69) is 11.1 Å². The summed E-state index contributed by atoms with van der Waals surface area (Å²) in [4.78, 5) is 3.94. The largest absolute Gasteiger partial charge is 0.243 e. The van der Waals surface area contributed by atoms with Gasteiger partial charge in [0.2, 0.25) is 0 Å². The fraction of sp³-hybridized carbons (Fsp3) is 0.286. The van der Waals surface area contributed by atoms with Crippen molar-refractivity contribution >= 4 is 17.4 Å². The molecule has 1 heterocycles. The predicted octanol–water partition coefficient (Wildman–Crippen LogP) is 2.45. The van der Waals surface area contributed by atoms with Gasteiger partial charge < -0.3 is 0 Å². The van der Waals surface area contributed by atoms with Crippen molar-refractivity contribution in [2.75, 3.05) is 0 Å². The van der Waals surface area contributed by atoms with E-state index in [4.69, 9.17) is 0 Å². The fourth-order valence-corrected chi connectivity index (χ4v) is 1.20. The molecule has 0 N–H and O–H groups in total. The summed E-state index contributed by atoms with van der Waals surface area (Å²) in [6, 6.07) is 0. The van der Waals surface area contributed by atoms with Gasteiger partial charge in [-0.05, 0) is 19.1 Å². The SMILES string of the molecule is C/[C]=C/c1csc(CF)n1. The van der Waals surface area contributed by atoms with Gasteiger partial charge in [-0.15, -0.1) is 11.3 Å². The van der Waals surface area contributed by atoms with Crippen LogP contribution in [0, 0.1) is 6.08 Å². The van der Waals surface area contributed by atoms with E-state index in [-0.39, 0.29) is 0 Å². The summed E-state index contributed by atoms with van der Waals surface area (Å²) in [5.41, 5.74) is 0.792. The number of alkyl halides is 1. The molecule has 0 unspecified atom stereocenters. The molecule has 0 atom stereocenters. The van der Waals surface area contributed by atoms with Gasteiger partial charge in [-0.3, -0.25) is 0 Å². The van der Waals surface area contributed by atoms with Crippen molar-refractivity contribution in [3.05, 3.63) is 22.2 Å². The van der Waals surface area contributed by atoms with E-state index in [0.717, 1.165) is 5.69 Å². The van der Waals surface area contributed by atoms with Gasteiger partial charge in [0.15, 0.2) is 0 Å². The second kappa shape index (κ2) is 3.46. The molecule has 0 saturated carbocycles. The number of halogens is 1. The smallest absolute Gasteiger partial charge is 0.141 e. The Bertz CT molecular complexity index is 229. The molecule has 0 bridgehead atoms. The molecule has 53 valence electrons. The maximum Gasteiger partial charge on any atom is 0.141 e. The molecule has 1 radical (unpaired) electrons. The monoisotopic (exact) mass is 156 g/mol. The lowest BCUT2D eigenvalue weighted by atomic mass is 10.4. The molecule has 0 saturated heterocycles. The average molecular weight is 156 g/mol. The maximum absolute atomic E-state index is 11.9. The van der Waals surface area contributed by atoms with E-state index in [1.54, 1.807) is 13.0 Å². The highest BCUT2D eigenvalue weighted by Crippen LogP contribution is 2.11. The molecule has 0 aliphatic heterocycles. The Morgan fingerprint density at radius 2 is 2.70 bits per heavy atom. The molecule has 3 heteroatoms. The summed E-state index contributed by atoms with van der Waals surface area (Å²) in [6.45, 7) is 1.32. The van der Waals surface area contributed by atoms with Gasteiger partial charge in [0.25, 0.3) is 0 Å². The number of hydrogen-bond donors (Lipinski definition) is 0. The van der Waals surface area contributed by atoms with Gasteiger partial charge in [-0.1, -0.05) is 0 Å². The third-order valence-electron chi connectivity index (χ3n) is 0.976. The minimum absolute atomic E-state index is 0.470. The van der Waals surface area contributed by atoms with Crippen LogP contribution in [0.1, 0.15) is 17.6 Å². The van der Waals surface area contributed by atoms with Crippen LogP contribution in [-0.2, 0) is 6.67 Å². The standard InChI is InChI=1S/C7H7FNS/c1-2-3-6-5-10-7(4-8)9-6/h3,5H,4H2,1H3. The van der Waals surface area contributed by atoms with Crippen molar-refractivity contribution in [3.8, 4) is 0 Å². The lowest BCUT2D eigenvalue weighted by Crippen LogP contribution is -1.75. The number of rotatable bonds is 2. The number of nitrogens with zero attached hydrogens (tertiary/aromatic N) is 1. The molecule has 1 nitrogen and oxygen atoms in total. The highest BCUT2D eigenvalue weighted by Gasteiger charge is 1.96. The molecule has 10 heavy (non-hydrogen) atoms. The zero-order valence-electron chi connectivity index (χ0n) is 5.60. The lowest BCUT2D eigenvalue weighted by molar-refractivity contribution is 0.483. The first-order valence-corrected chi connectivity index (χ1v) is 3.75. The van der Waals surface area contributed by atoms with Gasteiger partial charge >= 0.3 is 0 Å². The van der Waals surface area contributed by atoms with Crippen molar-refractivity contribution in [2.24, 2.45) is 0 Å². The third kappa shape index (κ3) is 1.64. The van der Waals surface area contributed by atoms with Crippen LogP contribution in [0.3, 0.4) is 0 Å². The van der Waals surface area contributed by atoms with Crippen LogP contribution in [-0.4, -0.2) is 4.98 Å². The van der Waals surface area contributed by atoms with Gasteiger partial charge in [0, 0.05) is 5.38 Å². The first kappa shape index (κ1) is 7.41. The van der Waals surface area contributed by atoms with E-state index in [1.807, 2.05) is 5.38 Å². The Morgan fingerprint density at radius 3 is 3.20 bits per heavy atom. The Balaban J connectivity index is 2.78. The summed E-state index contributed by atoms with van der Waals surface area (Å²) >= 11 is 1.33. The van der Waals surface area contributed by atoms with E-state index in [1.165, 1.54) is 11.3 Å². The van der Waals surface area contributed by atoms with Gasteiger partial charge in [0.1, 0.15) is 11.7 Å². The van der Waals surface area contributed by atoms with Crippen molar-refractivity contribution in [2.45, 2.75) is 13.6 Å². The maximum atomic E-state index is 11.9. The van der Waals surface area contributed by atoms with Crippen molar-refractivity contribution < 1.29 is 4.39 Å². The van der Waals surface area contributed by atoms with Gasteiger partial charge in [-0.25, -0.2) is 9.37 Å². The summed E-state index contributed by atoms with van der Waals surface area (Å²) in [7, 11) is 0. The van der Waals surface area contributed by atoms with Crippen LogP contribution in [0.2, 0.25) is 0 Å². The first-order valence-electron chi connectivity index (χ1n) is 2.87. The molecule has 0 fully saturated rings. The number of hydrogen-bond acceptors (Lipinski definition) is 2. The Morgan fingerprint density at radius 1 is 1.90 bits per heavy atom. The highest BCUT2D eigenvalue weighted by atomic mass is 32.1. The number of allylic oxidation sites excluding steroid dienone is 1. The molecule has 0 aromatic carbocycles. The van der Waals surface area contributed by atoms with Crippen LogP contribution >= 0.6 is 11.3 Å². The average Bonchev–Trinajstić information content (AvgIpc) is 2.37. The van der Waals surface area contributed by atoms with Gasteiger partial charge in [-0.2, -0.15) is 0 Å². The number of thiazole rings is 1. The quantitative estimate of drug-likeness (QED) is 0.641. The molecule has 0 spiro atoms. The zero-order valence-corrected chi connectivity index (χ0v) is 6.41. The van der Waals surface area contributed by atoms with E-state index >= 15 is 0 Å². The minimum Gasteiger partial charge on any atom is -0.243 e. The Labute approximate surface area is 63.2 Å². The van der Waals surface area contributed by atoms with Crippen LogP contribution < -0.4 is 0 Å². The van der Waals surface area contributed by atoms with Crippen LogP contribution in [0.4, 0.5) is 4.39 Å². The topological polar surface area (TPSA) is 12.9 Å². The highest BCUT2D eigenvalue weighted by molar-refractivity contribution is 7.09.